The van der Waals surface area contributed by atoms with Crippen LogP contribution in [0.25, 0.3) is 10.6 Å². The molecule has 1 atom stereocenters. The first-order valence-electron chi connectivity index (χ1n) is 8.43. The van der Waals surface area contributed by atoms with E-state index in [4.69, 9.17) is 4.52 Å². The van der Waals surface area contributed by atoms with Gasteiger partial charge < -0.3 is 9.42 Å². The summed E-state index contributed by atoms with van der Waals surface area (Å²) in [6.45, 7) is 5.00. The molecule has 3 aromatic heterocycles. The Kier molecular flexibility index (Phi) is 4.49. The molecule has 1 saturated heterocycles. The van der Waals surface area contributed by atoms with E-state index in [-0.39, 0.29) is 18.2 Å². The maximum absolute atomic E-state index is 12.6. The number of piperidine rings is 1. The highest BCUT2D eigenvalue weighted by molar-refractivity contribution is 7.09. The Labute approximate surface area is 153 Å². The molecule has 4 rings (SSSR count). The zero-order chi connectivity index (χ0) is 18.1. The second kappa shape index (κ2) is 6.94. The van der Waals surface area contributed by atoms with Crippen LogP contribution in [0.15, 0.2) is 15.2 Å². The molecule has 1 aliphatic heterocycles. The smallest absolute Gasteiger partial charge is 0.228 e. The summed E-state index contributed by atoms with van der Waals surface area (Å²) in [6, 6.07) is 1.88. The number of nitrogens with zero attached hydrogens (tertiary/aromatic N) is 6. The Hall–Kier alpha value is -2.62. The Balaban J connectivity index is 1.50. The molecule has 4 heterocycles. The van der Waals surface area contributed by atoms with Crippen LogP contribution in [0.2, 0.25) is 0 Å². The Bertz CT molecular complexity index is 917. The largest absolute Gasteiger partial charge is 0.355 e. The summed E-state index contributed by atoms with van der Waals surface area (Å²) in [5.41, 5.74) is 2.93. The van der Waals surface area contributed by atoms with E-state index < -0.39 is 0 Å². The van der Waals surface area contributed by atoms with Gasteiger partial charge in [-0.25, -0.2) is 4.63 Å². The Morgan fingerprint density at radius 2 is 2.23 bits per heavy atom. The summed E-state index contributed by atoms with van der Waals surface area (Å²) >= 11 is 1.30. The van der Waals surface area contributed by atoms with Crippen LogP contribution >= 0.6 is 11.5 Å². The van der Waals surface area contributed by atoms with E-state index in [0.717, 1.165) is 35.7 Å². The maximum atomic E-state index is 12.6. The van der Waals surface area contributed by atoms with Crippen LogP contribution in [0, 0.1) is 13.8 Å². The van der Waals surface area contributed by atoms with Crippen molar-refractivity contribution < 1.29 is 13.9 Å². The van der Waals surface area contributed by atoms with Gasteiger partial charge in [0.2, 0.25) is 5.91 Å². The van der Waals surface area contributed by atoms with Crippen LogP contribution in [-0.2, 0) is 11.2 Å². The van der Waals surface area contributed by atoms with Crippen molar-refractivity contribution in [2.45, 2.75) is 39.0 Å². The minimum atomic E-state index is 0.0220. The average molecular weight is 374 g/mol. The number of rotatable bonds is 4. The number of likely N-dealkylation sites (tertiary alicyclic amines) is 1. The summed E-state index contributed by atoms with van der Waals surface area (Å²) in [5, 5.41) is 15.8. The van der Waals surface area contributed by atoms with Crippen molar-refractivity contribution in [1.82, 2.24) is 30.0 Å². The fourth-order valence-corrected chi connectivity index (χ4v) is 3.90. The first-order valence-corrected chi connectivity index (χ1v) is 9.21. The van der Waals surface area contributed by atoms with E-state index in [9.17, 15) is 4.79 Å². The molecule has 0 aromatic carbocycles. The lowest BCUT2D eigenvalue weighted by molar-refractivity contribution is -0.131. The van der Waals surface area contributed by atoms with Crippen molar-refractivity contribution >= 4 is 17.4 Å². The molecule has 1 aliphatic rings. The lowest BCUT2D eigenvalue weighted by Crippen LogP contribution is -2.40. The third-order valence-electron chi connectivity index (χ3n) is 4.59. The van der Waals surface area contributed by atoms with Gasteiger partial charge in [-0.1, -0.05) is 20.0 Å². The zero-order valence-corrected chi connectivity index (χ0v) is 15.3. The number of hydrogen-bond donors (Lipinski definition) is 0. The molecule has 0 N–H and O–H groups in total. The van der Waals surface area contributed by atoms with E-state index in [1.54, 1.807) is 6.92 Å². The van der Waals surface area contributed by atoms with E-state index in [1.165, 1.54) is 11.5 Å². The Morgan fingerprint density at radius 1 is 1.35 bits per heavy atom. The van der Waals surface area contributed by atoms with Gasteiger partial charge in [0.05, 0.1) is 17.8 Å². The van der Waals surface area contributed by atoms with Gasteiger partial charge in [-0.3, -0.25) is 4.79 Å². The normalized spacial score (nSPS) is 17.6. The van der Waals surface area contributed by atoms with Crippen molar-refractivity contribution in [1.29, 1.82) is 0 Å². The number of aromatic nitrogens is 5. The fraction of sp³-hybridized carbons (Fsp3) is 0.500. The highest BCUT2D eigenvalue weighted by Gasteiger charge is 2.30. The molecule has 0 saturated carbocycles. The SMILES string of the molecule is Cc1cc(-c2snnc2[C@@H]2CCCN(C(=O)Cc3nonc3C)C2)on1. The monoisotopic (exact) mass is 374 g/mol. The second-order valence-corrected chi connectivity index (χ2v) is 7.23. The van der Waals surface area contributed by atoms with Crippen LogP contribution in [0.4, 0.5) is 0 Å². The van der Waals surface area contributed by atoms with E-state index >= 15 is 0 Å². The maximum Gasteiger partial charge on any atom is 0.228 e. The number of hydrogen-bond acceptors (Lipinski definition) is 9. The first-order chi connectivity index (χ1) is 12.6. The molecule has 3 aromatic rings. The number of carbonyl (C=O) groups excluding carboxylic acids is 1. The lowest BCUT2D eigenvalue weighted by Gasteiger charge is -2.32. The molecule has 1 amide bonds. The van der Waals surface area contributed by atoms with Crippen LogP contribution in [0.3, 0.4) is 0 Å². The fourth-order valence-electron chi connectivity index (χ4n) is 3.20. The van der Waals surface area contributed by atoms with E-state index in [1.807, 2.05) is 17.9 Å². The van der Waals surface area contributed by atoms with E-state index in [0.29, 0.717) is 23.7 Å². The average Bonchev–Trinajstić information content (AvgIpc) is 3.37. The van der Waals surface area contributed by atoms with Crippen molar-refractivity contribution in [2.75, 3.05) is 13.1 Å². The lowest BCUT2D eigenvalue weighted by atomic mass is 9.93. The predicted octanol–water partition coefficient (Wildman–Crippen LogP) is 2.14. The van der Waals surface area contributed by atoms with Gasteiger partial charge in [0.25, 0.3) is 0 Å². The molecule has 10 heteroatoms. The van der Waals surface area contributed by atoms with Gasteiger partial charge >= 0.3 is 0 Å². The van der Waals surface area contributed by atoms with Crippen LogP contribution in [0.1, 0.15) is 41.5 Å². The number of carbonyl (C=O) groups is 1. The summed E-state index contributed by atoms with van der Waals surface area (Å²) in [6.07, 6.45) is 2.07. The summed E-state index contributed by atoms with van der Waals surface area (Å²) in [4.78, 5) is 15.4. The molecular weight excluding hydrogens is 356 g/mol. The minimum absolute atomic E-state index is 0.0220. The summed E-state index contributed by atoms with van der Waals surface area (Å²) < 4.78 is 14.1. The molecule has 1 fully saturated rings. The van der Waals surface area contributed by atoms with Gasteiger partial charge in [0, 0.05) is 25.1 Å². The molecular formula is C16H18N6O3S. The predicted molar refractivity (Wildman–Crippen MR) is 91.4 cm³/mol. The van der Waals surface area contributed by atoms with Crippen LogP contribution < -0.4 is 0 Å². The quantitative estimate of drug-likeness (QED) is 0.683. The second-order valence-electron chi connectivity index (χ2n) is 6.47. The van der Waals surface area contributed by atoms with Gasteiger partial charge in [-0.2, -0.15) is 0 Å². The van der Waals surface area contributed by atoms with Crippen LogP contribution in [-0.4, -0.2) is 49.0 Å². The van der Waals surface area contributed by atoms with Gasteiger partial charge in [-0.05, 0) is 38.2 Å². The highest BCUT2D eigenvalue weighted by atomic mass is 32.1. The standard InChI is InChI=1S/C16H18N6O3S/c1-9-6-13(24-18-9)16-15(17-21-26-16)11-4-3-5-22(8-11)14(23)7-12-10(2)19-25-20-12/h6,11H,3-5,7-8H2,1-2H3/t11-/m1/s1. The zero-order valence-electron chi connectivity index (χ0n) is 14.5. The number of aryl methyl sites for hydroxylation is 2. The molecule has 0 spiro atoms. The molecule has 136 valence electrons. The third kappa shape index (κ3) is 3.24. The van der Waals surface area contributed by atoms with Gasteiger partial charge in [0.15, 0.2) is 5.76 Å². The molecule has 0 aliphatic carbocycles. The topological polar surface area (TPSA) is 111 Å². The molecule has 26 heavy (non-hydrogen) atoms. The number of amides is 1. The molecule has 0 unspecified atom stereocenters. The van der Waals surface area contributed by atoms with Crippen molar-refractivity contribution in [3.63, 3.8) is 0 Å². The Morgan fingerprint density at radius 3 is 2.96 bits per heavy atom. The molecule has 0 bridgehead atoms. The van der Waals surface area contributed by atoms with Crippen molar-refractivity contribution in [2.24, 2.45) is 0 Å². The van der Waals surface area contributed by atoms with Crippen LogP contribution in [0.5, 0.6) is 0 Å². The van der Waals surface area contributed by atoms with Crippen molar-refractivity contribution in [3.8, 4) is 10.6 Å². The molecule has 0 radical (unpaired) electrons. The van der Waals surface area contributed by atoms with E-state index in [2.05, 4.69) is 29.7 Å². The summed E-state index contributed by atoms with van der Waals surface area (Å²) in [5.74, 6) is 0.831. The summed E-state index contributed by atoms with van der Waals surface area (Å²) in [7, 11) is 0. The highest BCUT2D eigenvalue weighted by Crippen LogP contribution is 2.35. The third-order valence-corrected chi connectivity index (χ3v) is 5.35. The van der Waals surface area contributed by atoms with Gasteiger partial charge in [0.1, 0.15) is 16.3 Å². The minimum Gasteiger partial charge on any atom is -0.355 e. The first kappa shape index (κ1) is 16.8. The van der Waals surface area contributed by atoms with Gasteiger partial charge in [-0.15, -0.1) is 5.10 Å². The molecule has 9 nitrogen and oxygen atoms in total. The van der Waals surface area contributed by atoms with Crippen molar-refractivity contribution in [3.05, 3.63) is 28.8 Å².